The quantitative estimate of drug-likeness (QED) is 0.866. The van der Waals surface area contributed by atoms with Gasteiger partial charge in [-0.2, -0.15) is 15.4 Å². The number of nitrogens with zero attached hydrogens (tertiary/aromatic N) is 2. The average molecular weight is 259 g/mol. The Bertz CT molecular complexity index is 494. The lowest BCUT2D eigenvalue weighted by atomic mass is 9.95. The van der Waals surface area contributed by atoms with E-state index in [9.17, 15) is 0 Å². The third kappa shape index (κ3) is 3.81. The van der Waals surface area contributed by atoms with Crippen molar-refractivity contribution in [1.29, 1.82) is 0 Å². The first-order valence-electron chi connectivity index (χ1n) is 6.73. The SMILES string of the molecule is CC(C)COc1ccccc1C(C)Cc1cn[nH]n1. The molecule has 4 heteroatoms. The summed E-state index contributed by atoms with van der Waals surface area (Å²) in [6.07, 6.45) is 2.63. The zero-order valence-electron chi connectivity index (χ0n) is 11.8. The Morgan fingerprint density at radius 2 is 2.00 bits per heavy atom. The number of benzene rings is 1. The molecule has 0 aliphatic rings. The highest BCUT2D eigenvalue weighted by Crippen LogP contribution is 2.28. The van der Waals surface area contributed by atoms with Gasteiger partial charge in [0.1, 0.15) is 5.75 Å². The number of hydrogen-bond acceptors (Lipinski definition) is 3. The standard InChI is InChI=1S/C15H21N3O/c1-11(2)10-19-15-7-5-4-6-14(15)12(3)8-13-9-16-18-17-13/h4-7,9,11-12H,8,10H2,1-3H3,(H,16,17,18). The zero-order valence-corrected chi connectivity index (χ0v) is 11.8. The molecule has 0 radical (unpaired) electrons. The zero-order chi connectivity index (χ0) is 13.7. The Hall–Kier alpha value is -1.84. The molecule has 0 fully saturated rings. The maximum absolute atomic E-state index is 5.90. The molecule has 0 saturated carbocycles. The van der Waals surface area contributed by atoms with Crippen LogP contribution < -0.4 is 4.74 Å². The van der Waals surface area contributed by atoms with Crippen molar-refractivity contribution in [3.63, 3.8) is 0 Å². The maximum atomic E-state index is 5.90. The van der Waals surface area contributed by atoms with E-state index in [-0.39, 0.29) is 0 Å². The molecule has 1 aromatic heterocycles. The third-order valence-corrected chi connectivity index (χ3v) is 3.00. The van der Waals surface area contributed by atoms with Gasteiger partial charge >= 0.3 is 0 Å². The number of hydrogen-bond donors (Lipinski definition) is 1. The first-order valence-corrected chi connectivity index (χ1v) is 6.73. The van der Waals surface area contributed by atoms with Crippen LogP contribution in [0.3, 0.4) is 0 Å². The molecule has 0 saturated heterocycles. The summed E-state index contributed by atoms with van der Waals surface area (Å²) in [7, 11) is 0. The molecule has 0 amide bonds. The number of nitrogens with one attached hydrogen (secondary N) is 1. The fourth-order valence-electron chi connectivity index (χ4n) is 2.02. The monoisotopic (exact) mass is 259 g/mol. The summed E-state index contributed by atoms with van der Waals surface area (Å²) in [6.45, 7) is 7.24. The second-order valence-corrected chi connectivity index (χ2v) is 5.31. The molecule has 1 atom stereocenters. The van der Waals surface area contributed by atoms with Crippen molar-refractivity contribution in [1.82, 2.24) is 15.4 Å². The van der Waals surface area contributed by atoms with Crippen molar-refractivity contribution in [2.45, 2.75) is 33.1 Å². The second-order valence-electron chi connectivity index (χ2n) is 5.31. The molecule has 1 N–H and O–H groups in total. The van der Waals surface area contributed by atoms with Crippen molar-refractivity contribution in [3.05, 3.63) is 41.7 Å². The van der Waals surface area contributed by atoms with E-state index in [0.29, 0.717) is 11.8 Å². The van der Waals surface area contributed by atoms with Crippen LogP contribution in [0, 0.1) is 5.92 Å². The molecule has 2 rings (SSSR count). The van der Waals surface area contributed by atoms with Crippen LogP contribution in [-0.2, 0) is 6.42 Å². The van der Waals surface area contributed by atoms with E-state index in [4.69, 9.17) is 4.74 Å². The molecule has 0 spiro atoms. The van der Waals surface area contributed by atoms with Crippen LogP contribution in [0.5, 0.6) is 5.75 Å². The molecule has 1 heterocycles. The normalized spacial score (nSPS) is 12.6. The van der Waals surface area contributed by atoms with E-state index >= 15 is 0 Å². The predicted octanol–water partition coefficient (Wildman–Crippen LogP) is 3.19. The van der Waals surface area contributed by atoms with Gasteiger partial charge in [0.15, 0.2) is 0 Å². The van der Waals surface area contributed by atoms with Gasteiger partial charge in [0.05, 0.1) is 18.5 Å². The summed E-state index contributed by atoms with van der Waals surface area (Å²) < 4.78 is 5.90. The first kappa shape index (κ1) is 13.6. The highest BCUT2D eigenvalue weighted by molar-refractivity contribution is 5.36. The van der Waals surface area contributed by atoms with Gasteiger partial charge in [0.2, 0.25) is 0 Å². The van der Waals surface area contributed by atoms with Gasteiger partial charge in [-0.3, -0.25) is 0 Å². The largest absolute Gasteiger partial charge is 0.493 e. The van der Waals surface area contributed by atoms with Crippen molar-refractivity contribution in [2.24, 2.45) is 5.92 Å². The molecule has 102 valence electrons. The highest BCUT2D eigenvalue weighted by Gasteiger charge is 2.13. The lowest BCUT2D eigenvalue weighted by Crippen LogP contribution is -2.08. The van der Waals surface area contributed by atoms with Crippen LogP contribution in [0.25, 0.3) is 0 Å². The molecular formula is C15H21N3O. The first-order chi connectivity index (χ1) is 9.16. The topological polar surface area (TPSA) is 50.8 Å². The number of aromatic nitrogens is 3. The molecule has 2 aromatic rings. The average Bonchev–Trinajstić information content (AvgIpc) is 2.89. The van der Waals surface area contributed by atoms with E-state index in [0.717, 1.165) is 24.5 Å². The molecule has 0 aliphatic heterocycles. The Morgan fingerprint density at radius 3 is 2.68 bits per heavy atom. The second kappa shape index (κ2) is 6.36. The molecular weight excluding hydrogens is 238 g/mol. The molecule has 1 unspecified atom stereocenters. The minimum Gasteiger partial charge on any atom is -0.493 e. The summed E-state index contributed by atoms with van der Waals surface area (Å²) in [5.41, 5.74) is 2.21. The smallest absolute Gasteiger partial charge is 0.122 e. The maximum Gasteiger partial charge on any atom is 0.122 e. The summed E-state index contributed by atoms with van der Waals surface area (Å²) in [5, 5.41) is 10.6. The lowest BCUT2D eigenvalue weighted by molar-refractivity contribution is 0.267. The van der Waals surface area contributed by atoms with Gasteiger partial charge in [0.25, 0.3) is 0 Å². The van der Waals surface area contributed by atoms with E-state index in [1.54, 1.807) is 6.20 Å². The number of aromatic amines is 1. The van der Waals surface area contributed by atoms with Crippen molar-refractivity contribution in [3.8, 4) is 5.75 Å². The minimum atomic E-state index is 0.355. The van der Waals surface area contributed by atoms with Gasteiger partial charge < -0.3 is 4.74 Å². The third-order valence-electron chi connectivity index (χ3n) is 3.00. The molecule has 0 aliphatic carbocycles. The minimum absolute atomic E-state index is 0.355. The van der Waals surface area contributed by atoms with Crippen molar-refractivity contribution >= 4 is 0 Å². The van der Waals surface area contributed by atoms with E-state index in [2.05, 4.69) is 48.3 Å². The summed E-state index contributed by atoms with van der Waals surface area (Å²) >= 11 is 0. The van der Waals surface area contributed by atoms with E-state index in [1.807, 2.05) is 12.1 Å². The Morgan fingerprint density at radius 1 is 1.21 bits per heavy atom. The van der Waals surface area contributed by atoms with Crippen molar-refractivity contribution < 1.29 is 4.74 Å². The highest BCUT2D eigenvalue weighted by atomic mass is 16.5. The number of para-hydroxylation sites is 1. The fraction of sp³-hybridized carbons (Fsp3) is 0.467. The van der Waals surface area contributed by atoms with Crippen LogP contribution in [-0.4, -0.2) is 22.0 Å². The number of rotatable bonds is 6. The molecule has 1 aromatic carbocycles. The predicted molar refractivity (Wildman–Crippen MR) is 75.3 cm³/mol. The Labute approximate surface area is 114 Å². The fourth-order valence-corrected chi connectivity index (χ4v) is 2.02. The van der Waals surface area contributed by atoms with Crippen molar-refractivity contribution in [2.75, 3.05) is 6.61 Å². The molecule has 0 bridgehead atoms. The van der Waals surface area contributed by atoms with E-state index in [1.165, 1.54) is 5.56 Å². The Kier molecular flexibility index (Phi) is 4.55. The molecule has 4 nitrogen and oxygen atoms in total. The van der Waals surface area contributed by atoms with Crippen LogP contribution in [0.1, 0.15) is 37.9 Å². The van der Waals surface area contributed by atoms with Crippen LogP contribution in [0.15, 0.2) is 30.5 Å². The van der Waals surface area contributed by atoms with Gasteiger partial charge in [0, 0.05) is 0 Å². The lowest BCUT2D eigenvalue weighted by Gasteiger charge is -2.17. The summed E-state index contributed by atoms with van der Waals surface area (Å²) in [6, 6.07) is 8.23. The van der Waals surface area contributed by atoms with E-state index < -0.39 is 0 Å². The van der Waals surface area contributed by atoms with Crippen LogP contribution >= 0.6 is 0 Å². The van der Waals surface area contributed by atoms with Gasteiger partial charge in [-0.25, -0.2) is 0 Å². The Balaban J connectivity index is 2.09. The van der Waals surface area contributed by atoms with Crippen LogP contribution in [0.2, 0.25) is 0 Å². The van der Waals surface area contributed by atoms with Gasteiger partial charge in [-0.1, -0.05) is 39.0 Å². The number of ether oxygens (including phenoxy) is 1. The van der Waals surface area contributed by atoms with Gasteiger partial charge in [-0.15, -0.1) is 0 Å². The molecule has 19 heavy (non-hydrogen) atoms. The van der Waals surface area contributed by atoms with Crippen LogP contribution in [0.4, 0.5) is 0 Å². The summed E-state index contributed by atoms with van der Waals surface area (Å²) in [4.78, 5) is 0. The van der Waals surface area contributed by atoms with Gasteiger partial charge in [-0.05, 0) is 29.9 Å². The number of H-pyrrole nitrogens is 1. The summed E-state index contributed by atoms with van der Waals surface area (Å²) in [5.74, 6) is 1.86.